The zero-order valence-electron chi connectivity index (χ0n) is 11.5. The van der Waals surface area contributed by atoms with Gasteiger partial charge in [0, 0.05) is 0 Å². The van der Waals surface area contributed by atoms with Crippen molar-refractivity contribution < 1.29 is 14.3 Å². The molecule has 3 heteroatoms. The van der Waals surface area contributed by atoms with Gasteiger partial charge >= 0.3 is 5.97 Å². The van der Waals surface area contributed by atoms with E-state index in [-0.39, 0.29) is 5.97 Å². The smallest absolute Gasteiger partial charge is 0.349 e. The molecular formula is C16H18O3. The SMILES string of the molecule is CCOC(=O)C(C)(C)Oc1ccc2ccccc2c1. The van der Waals surface area contributed by atoms with Crippen LogP contribution in [0.4, 0.5) is 0 Å². The van der Waals surface area contributed by atoms with E-state index >= 15 is 0 Å². The van der Waals surface area contributed by atoms with Crippen molar-refractivity contribution in [3.05, 3.63) is 42.5 Å². The summed E-state index contributed by atoms with van der Waals surface area (Å²) in [6.45, 7) is 5.55. The summed E-state index contributed by atoms with van der Waals surface area (Å²) in [4.78, 5) is 11.8. The Labute approximate surface area is 113 Å². The fourth-order valence-corrected chi connectivity index (χ4v) is 1.87. The Kier molecular flexibility index (Phi) is 3.74. The minimum Gasteiger partial charge on any atom is -0.476 e. The molecule has 0 spiro atoms. The van der Waals surface area contributed by atoms with Crippen molar-refractivity contribution >= 4 is 16.7 Å². The molecule has 100 valence electrons. The fraction of sp³-hybridized carbons (Fsp3) is 0.312. The minimum absolute atomic E-state index is 0.351. The van der Waals surface area contributed by atoms with Crippen LogP contribution in [0.25, 0.3) is 10.8 Å². The number of ether oxygens (including phenoxy) is 2. The van der Waals surface area contributed by atoms with Crippen LogP contribution >= 0.6 is 0 Å². The summed E-state index contributed by atoms with van der Waals surface area (Å²) in [5.41, 5.74) is -0.988. The van der Waals surface area contributed by atoms with Crippen molar-refractivity contribution in [3.8, 4) is 5.75 Å². The minimum atomic E-state index is -0.988. The number of carbonyl (C=O) groups excluding carboxylic acids is 1. The predicted molar refractivity (Wildman–Crippen MR) is 75.3 cm³/mol. The lowest BCUT2D eigenvalue weighted by Crippen LogP contribution is -2.39. The van der Waals surface area contributed by atoms with Crippen LogP contribution < -0.4 is 4.74 Å². The van der Waals surface area contributed by atoms with Crippen molar-refractivity contribution in [2.45, 2.75) is 26.4 Å². The van der Waals surface area contributed by atoms with Gasteiger partial charge in [-0.2, -0.15) is 0 Å². The molecule has 0 unspecified atom stereocenters. The van der Waals surface area contributed by atoms with Crippen LogP contribution in [-0.4, -0.2) is 18.2 Å². The number of benzene rings is 2. The maximum Gasteiger partial charge on any atom is 0.349 e. The summed E-state index contributed by atoms with van der Waals surface area (Å²) in [6, 6.07) is 13.8. The third-order valence-corrected chi connectivity index (χ3v) is 2.86. The van der Waals surface area contributed by atoms with E-state index in [2.05, 4.69) is 0 Å². The number of esters is 1. The molecule has 0 bridgehead atoms. The molecule has 0 fully saturated rings. The van der Waals surface area contributed by atoms with Crippen molar-refractivity contribution in [3.63, 3.8) is 0 Å². The molecule has 0 aliphatic carbocycles. The van der Waals surface area contributed by atoms with Crippen molar-refractivity contribution in [1.29, 1.82) is 0 Å². The highest BCUT2D eigenvalue weighted by Crippen LogP contribution is 2.24. The van der Waals surface area contributed by atoms with E-state index in [1.165, 1.54) is 0 Å². The molecule has 0 saturated heterocycles. The summed E-state index contributed by atoms with van der Waals surface area (Å²) in [6.07, 6.45) is 0. The first kappa shape index (κ1) is 13.4. The molecule has 19 heavy (non-hydrogen) atoms. The third kappa shape index (κ3) is 3.05. The number of hydrogen-bond acceptors (Lipinski definition) is 3. The quantitative estimate of drug-likeness (QED) is 0.787. The maximum absolute atomic E-state index is 11.8. The molecule has 0 atom stereocenters. The second-order valence-electron chi connectivity index (χ2n) is 4.84. The molecule has 0 amide bonds. The zero-order valence-corrected chi connectivity index (χ0v) is 11.5. The van der Waals surface area contributed by atoms with E-state index in [0.717, 1.165) is 10.8 Å². The van der Waals surface area contributed by atoms with Crippen LogP contribution in [-0.2, 0) is 9.53 Å². The predicted octanol–water partition coefficient (Wildman–Crippen LogP) is 3.56. The van der Waals surface area contributed by atoms with Gasteiger partial charge in [-0.3, -0.25) is 0 Å². The van der Waals surface area contributed by atoms with Crippen LogP contribution in [0, 0.1) is 0 Å². The Balaban J connectivity index is 2.23. The van der Waals surface area contributed by atoms with Gasteiger partial charge in [0.15, 0.2) is 5.60 Å². The van der Waals surface area contributed by atoms with Gasteiger partial charge in [-0.1, -0.05) is 30.3 Å². The van der Waals surface area contributed by atoms with Crippen LogP contribution in [0.5, 0.6) is 5.75 Å². The van der Waals surface area contributed by atoms with Crippen LogP contribution in [0.1, 0.15) is 20.8 Å². The summed E-state index contributed by atoms with van der Waals surface area (Å²) < 4.78 is 10.8. The van der Waals surface area contributed by atoms with Gasteiger partial charge in [0.2, 0.25) is 0 Å². The van der Waals surface area contributed by atoms with Gasteiger partial charge in [-0.05, 0) is 43.7 Å². The second-order valence-corrected chi connectivity index (χ2v) is 4.84. The first-order valence-corrected chi connectivity index (χ1v) is 6.38. The molecule has 0 N–H and O–H groups in total. The average molecular weight is 258 g/mol. The van der Waals surface area contributed by atoms with Crippen LogP contribution in [0.2, 0.25) is 0 Å². The number of fused-ring (bicyclic) bond motifs is 1. The lowest BCUT2D eigenvalue weighted by molar-refractivity contribution is -0.158. The van der Waals surface area contributed by atoms with E-state index in [4.69, 9.17) is 9.47 Å². The van der Waals surface area contributed by atoms with E-state index in [0.29, 0.717) is 12.4 Å². The van der Waals surface area contributed by atoms with Crippen molar-refractivity contribution in [2.75, 3.05) is 6.61 Å². The number of carbonyl (C=O) groups is 1. The highest BCUT2D eigenvalue weighted by atomic mass is 16.6. The Morgan fingerprint density at radius 3 is 2.47 bits per heavy atom. The van der Waals surface area contributed by atoms with E-state index in [1.807, 2.05) is 42.5 Å². The van der Waals surface area contributed by atoms with Gasteiger partial charge in [0.05, 0.1) is 6.61 Å². The lowest BCUT2D eigenvalue weighted by Gasteiger charge is -2.24. The lowest BCUT2D eigenvalue weighted by atomic mass is 10.1. The van der Waals surface area contributed by atoms with Gasteiger partial charge in [0.1, 0.15) is 5.75 Å². The first-order chi connectivity index (χ1) is 9.03. The average Bonchev–Trinajstić information content (AvgIpc) is 2.38. The summed E-state index contributed by atoms with van der Waals surface area (Å²) in [5.74, 6) is 0.305. The van der Waals surface area contributed by atoms with Gasteiger partial charge in [0.25, 0.3) is 0 Å². The fourth-order valence-electron chi connectivity index (χ4n) is 1.87. The topological polar surface area (TPSA) is 35.5 Å². The molecule has 2 aromatic carbocycles. The molecule has 0 aromatic heterocycles. The molecule has 0 saturated carbocycles. The monoisotopic (exact) mass is 258 g/mol. The maximum atomic E-state index is 11.8. The highest BCUT2D eigenvalue weighted by Gasteiger charge is 2.31. The molecule has 2 aromatic rings. The second kappa shape index (κ2) is 5.31. The van der Waals surface area contributed by atoms with E-state index in [1.54, 1.807) is 20.8 Å². The zero-order chi connectivity index (χ0) is 13.9. The van der Waals surface area contributed by atoms with Crippen LogP contribution in [0.15, 0.2) is 42.5 Å². The molecule has 0 radical (unpaired) electrons. The summed E-state index contributed by atoms with van der Waals surface area (Å²) >= 11 is 0. The van der Waals surface area contributed by atoms with Gasteiger partial charge < -0.3 is 9.47 Å². The number of rotatable bonds is 4. The van der Waals surface area contributed by atoms with Gasteiger partial charge in [-0.25, -0.2) is 4.79 Å². The summed E-state index contributed by atoms with van der Waals surface area (Å²) in [7, 11) is 0. The Bertz CT molecular complexity index is 587. The van der Waals surface area contributed by atoms with Crippen molar-refractivity contribution in [2.24, 2.45) is 0 Å². The molecular weight excluding hydrogens is 240 g/mol. The van der Waals surface area contributed by atoms with Crippen molar-refractivity contribution in [1.82, 2.24) is 0 Å². The Morgan fingerprint density at radius 1 is 1.11 bits per heavy atom. The largest absolute Gasteiger partial charge is 0.476 e. The Morgan fingerprint density at radius 2 is 1.79 bits per heavy atom. The standard InChI is InChI=1S/C16H18O3/c1-4-18-15(17)16(2,3)19-14-10-9-12-7-5-6-8-13(12)11-14/h5-11H,4H2,1-3H3. The molecule has 3 nitrogen and oxygen atoms in total. The van der Waals surface area contributed by atoms with E-state index in [9.17, 15) is 4.79 Å². The molecule has 0 aliphatic heterocycles. The third-order valence-electron chi connectivity index (χ3n) is 2.86. The van der Waals surface area contributed by atoms with Crippen LogP contribution in [0.3, 0.4) is 0 Å². The Hall–Kier alpha value is -2.03. The van der Waals surface area contributed by atoms with E-state index < -0.39 is 5.60 Å². The normalized spacial score (nSPS) is 11.3. The highest BCUT2D eigenvalue weighted by molar-refractivity contribution is 5.84. The number of hydrogen-bond donors (Lipinski definition) is 0. The first-order valence-electron chi connectivity index (χ1n) is 6.38. The molecule has 0 aliphatic rings. The van der Waals surface area contributed by atoms with Gasteiger partial charge in [-0.15, -0.1) is 0 Å². The molecule has 0 heterocycles. The molecule has 2 rings (SSSR count). The summed E-state index contributed by atoms with van der Waals surface area (Å²) in [5, 5.41) is 2.23.